The van der Waals surface area contributed by atoms with E-state index in [-0.39, 0.29) is 0 Å². The van der Waals surface area contributed by atoms with Crippen LogP contribution in [0.15, 0.2) is 10.6 Å². The van der Waals surface area contributed by atoms with Crippen molar-refractivity contribution in [2.24, 2.45) is 5.92 Å². The van der Waals surface area contributed by atoms with E-state index in [9.17, 15) is 0 Å². The van der Waals surface area contributed by atoms with E-state index < -0.39 is 0 Å². The Morgan fingerprint density at radius 3 is 2.81 bits per heavy atom. The molecule has 0 amide bonds. The molecule has 2 rings (SSSR count). The molecule has 1 aromatic heterocycles. The number of nitrogens with zero attached hydrogens (tertiary/aromatic N) is 3. The molecular weight excluding hydrogens is 264 g/mol. The first-order valence-corrected chi connectivity index (χ1v) is 8.08. The quantitative estimate of drug-likeness (QED) is 0.833. The second-order valence-corrected chi connectivity index (χ2v) is 6.76. The normalized spacial score (nSPS) is 18.0. The van der Waals surface area contributed by atoms with E-state index >= 15 is 0 Å². The molecule has 1 fully saturated rings. The van der Waals surface area contributed by atoms with Crippen molar-refractivity contribution in [2.75, 3.05) is 33.7 Å². The number of rotatable bonds is 7. The maximum Gasteiger partial charge on any atom is 0.151 e. The first-order valence-electron chi connectivity index (χ1n) is 8.08. The zero-order valence-electron chi connectivity index (χ0n) is 13.9. The van der Waals surface area contributed by atoms with E-state index in [4.69, 9.17) is 4.52 Å². The first kappa shape index (κ1) is 16.5. The van der Waals surface area contributed by atoms with Gasteiger partial charge in [-0.3, -0.25) is 4.90 Å². The summed E-state index contributed by atoms with van der Waals surface area (Å²) in [5.41, 5.74) is 0.992. The minimum absolute atomic E-state index is 0.470. The third-order valence-electron chi connectivity index (χ3n) is 4.13. The van der Waals surface area contributed by atoms with Crippen LogP contribution in [0.1, 0.15) is 38.1 Å². The Kier molecular flexibility index (Phi) is 6.21. The van der Waals surface area contributed by atoms with Crippen molar-refractivity contribution < 1.29 is 4.52 Å². The molecule has 5 heteroatoms. The zero-order valence-corrected chi connectivity index (χ0v) is 13.9. The van der Waals surface area contributed by atoms with Gasteiger partial charge in [0.2, 0.25) is 0 Å². The van der Waals surface area contributed by atoms with Crippen LogP contribution in [0, 0.1) is 5.92 Å². The van der Waals surface area contributed by atoms with Crippen molar-refractivity contribution in [1.29, 1.82) is 0 Å². The topological polar surface area (TPSA) is 44.5 Å². The number of aromatic nitrogens is 1. The van der Waals surface area contributed by atoms with Gasteiger partial charge in [-0.1, -0.05) is 19.0 Å². The van der Waals surface area contributed by atoms with E-state index in [1.807, 2.05) is 0 Å². The summed E-state index contributed by atoms with van der Waals surface area (Å²) in [5, 5.41) is 7.48. The van der Waals surface area contributed by atoms with Gasteiger partial charge in [0, 0.05) is 25.2 Å². The van der Waals surface area contributed by atoms with Gasteiger partial charge in [0.15, 0.2) is 5.76 Å². The molecule has 2 heterocycles. The van der Waals surface area contributed by atoms with Gasteiger partial charge in [0.1, 0.15) is 0 Å². The molecule has 1 saturated heterocycles. The summed E-state index contributed by atoms with van der Waals surface area (Å²) in [6, 6.07) is 2.54. The van der Waals surface area contributed by atoms with E-state index in [1.165, 1.54) is 25.9 Å². The molecule has 1 aromatic rings. The smallest absolute Gasteiger partial charge is 0.151 e. The van der Waals surface area contributed by atoms with Crippen molar-refractivity contribution in [3.05, 3.63) is 17.5 Å². The summed E-state index contributed by atoms with van der Waals surface area (Å²) in [6.45, 7) is 9.50. The lowest BCUT2D eigenvalue weighted by Gasteiger charge is -2.31. The van der Waals surface area contributed by atoms with Gasteiger partial charge < -0.3 is 14.7 Å². The summed E-state index contributed by atoms with van der Waals surface area (Å²) >= 11 is 0. The molecular formula is C16H30N4O. The molecule has 0 unspecified atom stereocenters. The Morgan fingerprint density at radius 2 is 2.14 bits per heavy atom. The highest BCUT2D eigenvalue weighted by Gasteiger charge is 2.18. The molecule has 0 aliphatic carbocycles. The van der Waals surface area contributed by atoms with Crippen LogP contribution in [0.25, 0.3) is 0 Å². The van der Waals surface area contributed by atoms with Gasteiger partial charge in [0.25, 0.3) is 0 Å². The van der Waals surface area contributed by atoms with Crippen LogP contribution in [0.3, 0.4) is 0 Å². The summed E-state index contributed by atoms with van der Waals surface area (Å²) in [5.74, 6) is 1.78. The number of likely N-dealkylation sites (tertiary alicyclic amines) is 1. The van der Waals surface area contributed by atoms with Crippen molar-refractivity contribution >= 4 is 0 Å². The third kappa shape index (κ3) is 5.77. The maximum atomic E-state index is 5.43. The lowest BCUT2D eigenvalue weighted by atomic mass is 9.97. The molecule has 21 heavy (non-hydrogen) atoms. The van der Waals surface area contributed by atoms with E-state index in [0.29, 0.717) is 6.04 Å². The van der Waals surface area contributed by atoms with Crippen molar-refractivity contribution in [1.82, 2.24) is 20.3 Å². The van der Waals surface area contributed by atoms with Crippen LogP contribution in [0.5, 0.6) is 0 Å². The maximum absolute atomic E-state index is 5.43. The number of piperidine rings is 1. The molecule has 0 aromatic carbocycles. The Morgan fingerprint density at radius 1 is 1.43 bits per heavy atom. The third-order valence-corrected chi connectivity index (χ3v) is 4.13. The van der Waals surface area contributed by atoms with Crippen LogP contribution in [-0.4, -0.2) is 54.7 Å². The highest BCUT2D eigenvalue weighted by Crippen LogP contribution is 2.17. The standard InChI is InChI=1S/C16H30N4O/c1-13(2)17-10-15-9-16(21-18-15)12-20(4)11-14-5-7-19(3)8-6-14/h9,13-14,17H,5-8,10-12H2,1-4H3. The highest BCUT2D eigenvalue weighted by molar-refractivity contribution is 5.05. The zero-order chi connectivity index (χ0) is 15.2. The van der Waals surface area contributed by atoms with Gasteiger partial charge in [0.05, 0.1) is 12.2 Å². The van der Waals surface area contributed by atoms with Gasteiger partial charge in [-0.25, -0.2) is 0 Å². The molecule has 0 spiro atoms. The van der Waals surface area contributed by atoms with Crippen LogP contribution in [-0.2, 0) is 13.1 Å². The van der Waals surface area contributed by atoms with Crippen LogP contribution in [0.2, 0.25) is 0 Å². The average molecular weight is 294 g/mol. The largest absolute Gasteiger partial charge is 0.360 e. The predicted octanol–water partition coefficient (Wildman–Crippen LogP) is 1.95. The fourth-order valence-corrected chi connectivity index (χ4v) is 2.84. The summed E-state index contributed by atoms with van der Waals surface area (Å²) in [6.07, 6.45) is 2.61. The molecule has 0 saturated carbocycles. The van der Waals surface area contributed by atoms with Crippen LogP contribution >= 0.6 is 0 Å². The number of hydrogen-bond donors (Lipinski definition) is 1. The number of nitrogens with one attached hydrogen (secondary N) is 1. The van der Waals surface area contributed by atoms with Gasteiger partial charge >= 0.3 is 0 Å². The van der Waals surface area contributed by atoms with Crippen molar-refractivity contribution in [3.8, 4) is 0 Å². The Balaban J connectivity index is 1.73. The lowest BCUT2D eigenvalue weighted by Crippen LogP contribution is -2.35. The Bertz CT molecular complexity index is 410. The fourth-order valence-electron chi connectivity index (χ4n) is 2.84. The minimum Gasteiger partial charge on any atom is -0.360 e. The molecule has 120 valence electrons. The minimum atomic E-state index is 0.470. The van der Waals surface area contributed by atoms with Gasteiger partial charge in [-0.2, -0.15) is 0 Å². The van der Waals surface area contributed by atoms with E-state index in [2.05, 4.69) is 54.3 Å². The summed E-state index contributed by atoms with van der Waals surface area (Å²) in [4.78, 5) is 4.77. The average Bonchev–Trinajstić information content (AvgIpc) is 2.86. The fraction of sp³-hybridized carbons (Fsp3) is 0.812. The van der Waals surface area contributed by atoms with Gasteiger partial charge in [-0.15, -0.1) is 0 Å². The predicted molar refractivity (Wildman–Crippen MR) is 85.0 cm³/mol. The Hall–Kier alpha value is -0.910. The second kappa shape index (κ2) is 7.92. The molecule has 0 bridgehead atoms. The first-order chi connectivity index (χ1) is 10.0. The Labute approximate surface area is 128 Å². The molecule has 1 N–H and O–H groups in total. The molecule has 0 atom stereocenters. The van der Waals surface area contributed by atoms with Crippen molar-refractivity contribution in [2.45, 2.75) is 45.8 Å². The highest BCUT2D eigenvalue weighted by atomic mass is 16.5. The molecule has 1 aliphatic heterocycles. The molecule has 0 radical (unpaired) electrons. The second-order valence-electron chi connectivity index (χ2n) is 6.76. The van der Waals surface area contributed by atoms with Crippen LogP contribution in [0.4, 0.5) is 0 Å². The summed E-state index contributed by atoms with van der Waals surface area (Å²) < 4.78 is 5.43. The van der Waals surface area contributed by atoms with E-state index in [0.717, 1.165) is 37.0 Å². The molecule has 5 nitrogen and oxygen atoms in total. The van der Waals surface area contributed by atoms with E-state index in [1.54, 1.807) is 0 Å². The monoisotopic (exact) mass is 294 g/mol. The SMILES string of the molecule is CC(C)NCc1cc(CN(C)CC2CCN(C)CC2)on1. The number of hydrogen-bond acceptors (Lipinski definition) is 5. The summed E-state index contributed by atoms with van der Waals surface area (Å²) in [7, 11) is 4.38. The van der Waals surface area contributed by atoms with Crippen LogP contribution < -0.4 is 5.32 Å². The molecule has 1 aliphatic rings. The van der Waals surface area contributed by atoms with Crippen molar-refractivity contribution in [3.63, 3.8) is 0 Å². The lowest BCUT2D eigenvalue weighted by molar-refractivity contribution is 0.166. The van der Waals surface area contributed by atoms with Gasteiger partial charge in [-0.05, 0) is 45.9 Å².